The highest BCUT2D eigenvalue weighted by Gasteiger charge is 2.46. The van der Waals surface area contributed by atoms with Crippen LogP contribution in [0.5, 0.6) is 0 Å². The maximum atomic E-state index is 11.9. The average molecular weight is 426 g/mol. The van der Waals surface area contributed by atoms with E-state index in [9.17, 15) is 24.9 Å². The van der Waals surface area contributed by atoms with Crippen LogP contribution in [0.2, 0.25) is 0 Å². The molecule has 8 atom stereocenters. The summed E-state index contributed by atoms with van der Waals surface area (Å²) in [4.78, 5) is 30.3. The molecule has 4 N–H and O–H groups in total. The van der Waals surface area contributed by atoms with Gasteiger partial charge in [-0.25, -0.2) is 4.79 Å². The molecular weight excluding hydrogens is 408 g/mol. The van der Waals surface area contributed by atoms with E-state index in [0.29, 0.717) is 0 Å². The lowest BCUT2D eigenvalue weighted by Gasteiger charge is -2.36. The van der Waals surface area contributed by atoms with Gasteiger partial charge in [0.05, 0.1) is 25.4 Å². The minimum absolute atomic E-state index is 0.209. The molecule has 2 aliphatic rings. The van der Waals surface area contributed by atoms with E-state index in [-0.39, 0.29) is 13.2 Å². The van der Waals surface area contributed by atoms with E-state index in [0.717, 1.165) is 16.8 Å². The van der Waals surface area contributed by atoms with Crippen LogP contribution in [0.4, 0.5) is 0 Å². The predicted molar refractivity (Wildman–Crippen MR) is 94.8 cm³/mol. The molecule has 0 saturated carbocycles. The minimum Gasteiger partial charge on any atom is -0.392 e. The summed E-state index contributed by atoms with van der Waals surface area (Å²) in [6, 6.07) is -1.19. The smallest absolute Gasteiger partial charge is 0.330 e. The number of ether oxygens (including phenoxy) is 3. The topological polar surface area (TPSA) is 241 Å². The molecule has 0 bridgehead atoms. The second-order valence-electron chi connectivity index (χ2n) is 6.56. The molecule has 16 nitrogen and oxygen atoms in total. The van der Waals surface area contributed by atoms with Crippen LogP contribution in [0, 0.1) is 0 Å². The fraction of sp³-hybridized carbons (Fsp3) is 0.714. The van der Waals surface area contributed by atoms with Crippen LogP contribution in [0.25, 0.3) is 20.9 Å². The van der Waals surface area contributed by atoms with Gasteiger partial charge in [-0.1, -0.05) is 10.2 Å². The lowest BCUT2D eigenvalue weighted by atomic mass is 10.0. The van der Waals surface area contributed by atoms with Gasteiger partial charge in [0.15, 0.2) is 12.5 Å². The maximum Gasteiger partial charge on any atom is 0.330 e. The maximum absolute atomic E-state index is 11.9. The zero-order chi connectivity index (χ0) is 21.8. The number of rotatable bonds is 6. The zero-order valence-electron chi connectivity index (χ0n) is 15.2. The van der Waals surface area contributed by atoms with E-state index >= 15 is 0 Å². The van der Waals surface area contributed by atoms with Gasteiger partial charge < -0.3 is 29.5 Å². The molecule has 1 aromatic heterocycles. The highest BCUT2D eigenvalue weighted by atomic mass is 16.7. The van der Waals surface area contributed by atoms with Crippen LogP contribution in [0.15, 0.2) is 32.1 Å². The number of nitrogens with zero attached hydrogens (tertiary/aromatic N) is 7. The van der Waals surface area contributed by atoms with Crippen LogP contribution < -0.4 is 11.2 Å². The Bertz CT molecular complexity index is 969. The van der Waals surface area contributed by atoms with Crippen LogP contribution in [0.3, 0.4) is 0 Å². The largest absolute Gasteiger partial charge is 0.392 e. The lowest BCUT2D eigenvalue weighted by molar-refractivity contribution is -0.216. The number of aliphatic hydroxyl groups excluding tert-OH is 3. The molecule has 1 aromatic rings. The first-order valence-corrected chi connectivity index (χ1v) is 8.70. The van der Waals surface area contributed by atoms with Gasteiger partial charge in [0, 0.05) is 22.1 Å². The van der Waals surface area contributed by atoms with Gasteiger partial charge in [-0.05, 0) is 11.1 Å². The third-order valence-corrected chi connectivity index (χ3v) is 4.73. The Morgan fingerprint density at radius 3 is 2.60 bits per heavy atom. The Morgan fingerprint density at radius 2 is 1.93 bits per heavy atom. The molecule has 3 heterocycles. The molecule has 2 saturated heterocycles. The van der Waals surface area contributed by atoms with E-state index in [1.807, 2.05) is 4.98 Å². The van der Waals surface area contributed by atoms with E-state index in [4.69, 9.17) is 25.3 Å². The van der Waals surface area contributed by atoms with E-state index < -0.39 is 60.3 Å². The zero-order valence-corrected chi connectivity index (χ0v) is 15.2. The summed E-state index contributed by atoms with van der Waals surface area (Å²) < 4.78 is 17.2. The van der Waals surface area contributed by atoms with Crippen molar-refractivity contribution in [3.8, 4) is 0 Å². The number of hydrogen-bond donors (Lipinski definition) is 4. The Balaban J connectivity index is 1.69. The van der Waals surface area contributed by atoms with Crippen molar-refractivity contribution in [3.63, 3.8) is 0 Å². The van der Waals surface area contributed by atoms with E-state index in [2.05, 4.69) is 20.1 Å². The number of azide groups is 2. The third kappa shape index (κ3) is 4.30. The number of aliphatic hydroxyl groups is 3. The van der Waals surface area contributed by atoms with Crippen molar-refractivity contribution in [3.05, 3.63) is 54.0 Å². The van der Waals surface area contributed by atoms with Crippen molar-refractivity contribution in [1.29, 1.82) is 0 Å². The molecule has 0 unspecified atom stereocenters. The lowest BCUT2D eigenvalue weighted by Crippen LogP contribution is -2.52. The van der Waals surface area contributed by atoms with Crippen LogP contribution in [-0.4, -0.2) is 80.9 Å². The molecule has 0 radical (unpaired) electrons. The van der Waals surface area contributed by atoms with Gasteiger partial charge >= 0.3 is 5.69 Å². The Kier molecular flexibility index (Phi) is 6.71. The van der Waals surface area contributed by atoms with Gasteiger partial charge in [-0.3, -0.25) is 14.3 Å². The second kappa shape index (κ2) is 9.25. The van der Waals surface area contributed by atoms with Crippen molar-refractivity contribution in [1.82, 2.24) is 9.55 Å². The molecule has 3 rings (SSSR count). The predicted octanol–water partition coefficient (Wildman–Crippen LogP) is -1.75. The summed E-state index contributed by atoms with van der Waals surface area (Å²) in [6.45, 7) is -0.576. The molecule has 2 aliphatic heterocycles. The summed E-state index contributed by atoms with van der Waals surface area (Å²) >= 11 is 0. The standard InChI is InChI=1S/C14H18N8O8/c15-20-18-5-3-28-13(8(9(5)24)19-21-16)29-4-6-10(25)11(26)12(30-6)22-2-1-7(23)17-14(22)27/h1-2,5-6,8-13,24-26H,3-4H2,(H,17,23,27)/t5-,6-,8-,9+,10-,11-,12-,13-/m1/s1. The van der Waals surface area contributed by atoms with Crippen LogP contribution >= 0.6 is 0 Å². The SMILES string of the molecule is [N-]=[N+]=N[C@H]1[C@@H](OC[C@H]2O[C@@H](n3ccc(=O)[nH]c3=O)[C@H](O)[C@@H]2O)OC[C@@H](N=[N+]=[N-])[C@@H]1O. The third-order valence-electron chi connectivity index (χ3n) is 4.73. The van der Waals surface area contributed by atoms with Crippen molar-refractivity contribution in [2.75, 3.05) is 13.2 Å². The molecule has 0 aromatic carbocycles. The molecule has 30 heavy (non-hydrogen) atoms. The summed E-state index contributed by atoms with van der Waals surface area (Å²) in [6.07, 6.45) is -6.89. The summed E-state index contributed by atoms with van der Waals surface area (Å²) in [5, 5.41) is 37.4. The summed E-state index contributed by atoms with van der Waals surface area (Å²) in [5.41, 5.74) is 15.7. The highest BCUT2D eigenvalue weighted by molar-refractivity contribution is 4.95. The van der Waals surface area contributed by atoms with Crippen molar-refractivity contribution < 1.29 is 29.5 Å². The van der Waals surface area contributed by atoms with Crippen LogP contribution in [-0.2, 0) is 14.2 Å². The molecule has 2 fully saturated rings. The Labute approximate surface area is 166 Å². The second-order valence-corrected chi connectivity index (χ2v) is 6.56. The van der Waals surface area contributed by atoms with Gasteiger partial charge in [-0.15, -0.1) is 0 Å². The monoisotopic (exact) mass is 426 g/mol. The number of nitrogens with one attached hydrogen (secondary N) is 1. The first-order chi connectivity index (χ1) is 14.4. The van der Waals surface area contributed by atoms with Crippen molar-refractivity contribution >= 4 is 0 Å². The normalized spacial score (nSPS) is 36.0. The average Bonchev–Trinajstić information content (AvgIpc) is 2.99. The van der Waals surface area contributed by atoms with E-state index in [1.54, 1.807) is 0 Å². The van der Waals surface area contributed by atoms with Gasteiger partial charge in [0.25, 0.3) is 5.56 Å². The van der Waals surface area contributed by atoms with Crippen molar-refractivity contribution in [2.45, 2.75) is 49.0 Å². The van der Waals surface area contributed by atoms with Crippen molar-refractivity contribution in [2.24, 2.45) is 10.2 Å². The number of H-pyrrole nitrogens is 1. The highest BCUT2D eigenvalue weighted by Crippen LogP contribution is 2.29. The number of aromatic nitrogens is 2. The first-order valence-electron chi connectivity index (χ1n) is 8.70. The fourth-order valence-corrected chi connectivity index (χ4v) is 3.19. The van der Waals surface area contributed by atoms with E-state index in [1.165, 1.54) is 0 Å². The minimum atomic E-state index is -1.51. The number of hydrogen-bond acceptors (Lipinski definition) is 10. The van der Waals surface area contributed by atoms with Gasteiger partial charge in [-0.2, -0.15) is 0 Å². The molecule has 0 amide bonds. The van der Waals surface area contributed by atoms with Gasteiger partial charge in [0.2, 0.25) is 0 Å². The first kappa shape index (κ1) is 21.8. The molecule has 0 aliphatic carbocycles. The van der Waals surface area contributed by atoms with Gasteiger partial charge in [0.1, 0.15) is 24.4 Å². The Morgan fingerprint density at radius 1 is 1.20 bits per heavy atom. The molecule has 0 spiro atoms. The quantitative estimate of drug-likeness (QED) is 0.230. The molecule has 16 heteroatoms. The summed E-state index contributed by atoms with van der Waals surface area (Å²) in [5.74, 6) is 0. The molecule has 162 valence electrons. The number of aromatic amines is 1. The molecular formula is C14H18N8O8. The van der Waals surface area contributed by atoms with Crippen LogP contribution in [0.1, 0.15) is 6.23 Å². The summed E-state index contributed by atoms with van der Waals surface area (Å²) in [7, 11) is 0. The fourth-order valence-electron chi connectivity index (χ4n) is 3.19. The Hall–Kier alpha value is -2.94.